The summed E-state index contributed by atoms with van der Waals surface area (Å²) in [6.07, 6.45) is 6.85. The van der Waals surface area contributed by atoms with Crippen LogP contribution in [0.3, 0.4) is 0 Å². The highest BCUT2D eigenvalue weighted by Gasteiger charge is 2.14. The molecule has 0 aliphatic carbocycles. The van der Waals surface area contributed by atoms with Crippen molar-refractivity contribution >= 4 is 5.91 Å². The van der Waals surface area contributed by atoms with Gasteiger partial charge in [-0.25, -0.2) is 0 Å². The van der Waals surface area contributed by atoms with Crippen LogP contribution in [0.5, 0.6) is 11.5 Å². The summed E-state index contributed by atoms with van der Waals surface area (Å²) in [7, 11) is 3.21. The second-order valence-electron chi connectivity index (χ2n) is 4.22. The predicted molar refractivity (Wildman–Crippen MR) is 80.1 cm³/mol. The van der Waals surface area contributed by atoms with Crippen LogP contribution >= 0.6 is 0 Å². The molecule has 0 bridgehead atoms. The van der Waals surface area contributed by atoms with E-state index in [1.165, 1.54) is 6.08 Å². The third kappa shape index (κ3) is 4.46. The number of amides is 1. The Morgan fingerprint density at radius 2 is 2.00 bits per heavy atom. The zero-order chi connectivity index (χ0) is 15.0. The maximum absolute atomic E-state index is 11.8. The van der Waals surface area contributed by atoms with E-state index < -0.39 is 0 Å². The minimum Gasteiger partial charge on any atom is -0.497 e. The summed E-state index contributed by atoms with van der Waals surface area (Å²) >= 11 is 0. The monoisotopic (exact) mass is 275 g/mol. The van der Waals surface area contributed by atoms with Gasteiger partial charge in [-0.1, -0.05) is 18.2 Å². The van der Waals surface area contributed by atoms with E-state index in [1.54, 1.807) is 26.4 Å². The molecule has 0 radical (unpaired) electrons. The molecule has 4 nitrogen and oxygen atoms in total. The van der Waals surface area contributed by atoms with E-state index in [9.17, 15) is 4.79 Å². The lowest BCUT2D eigenvalue weighted by molar-refractivity contribution is -0.117. The second kappa shape index (κ2) is 8.04. The number of carbonyl (C=O) groups excluding carboxylic acids is 1. The van der Waals surface area contributed by atoms with E-state index >= 15 is 0 Å². The molecule has 4 heteroatoms. The molecule has 0 aromatic heterocycles. The van der Waals surface area contributed by atoms with Gasteiger partial charge in [0.2, 0.25) is 5.91 Å². The first-order valence-electron chi connectivity index (χ1n) is 6.44. The maximum atomic E-state index is 11.8. The largest absolute Gasteiger partial charge is 0.497 e. The van der Waals surface area contributed by atoms with Crippen LogP contribution in [0, 0.1) is 0 Å². The molecule has 1 unspecified atom stereocenters. The number of rotatable bonds is 6. The van der Waals surface area contributed by atoms with Crippen LogP contribution in [-0.2, 0) is 4.79 Å². The fraction of sp³-hybridized carbons (Fsp3) is 0.312. The van der Waals surface area contributed by atoms with E-state index in [4.69, 9.17) is 9.47 Å². The topological polar surface area (TPSA) is 47.6 Å². The summed E-state index contributed by atoms with van der Waals surface area (Å²) in [5, 5.41) is 2.89. The van der Waals surface area contributed by atoms with Crippen molar-refractivity contribution in [1.29, 1.82) is 0 Å². The highest BCUT2D eigenvalue weighted by atomic mass is 16.5. The van der Waals surface area contributed by atoms with Gasteiger partial charge in [-0.05, 0) is 32.0 Å². The minimum absolute atomic E-state index is 0.152. The van der Waals surface area contributed by atoms with Crippen LogP contribution in [0.1, 0.15) is 25.5 Å². The van der Waals surface area contributed by atoms with Crippen molar-refractivity contribution < 1.29 is 14.3 Å². The number of ether oxygens (including phenoxy) is 2. The van der Waals surface area contributed by atoms with E-state index in [0.717, 1.165) is 17.1 Å². The van der Waals surface area contributed by atoms with E-state index in [-0.39, 0.29) is 11.9 Å². The lowest BCUT2D eigenvalue weighted by Crippen LogP contribution is -2.25. The van der Waals surface area contributed by atoms with Gasteiger partial charge in [0.15, 0.2) is 0 Å². The zero-order valence-corrected chi connectivity index (χ0v) is 12.3. The summed E-state index contributed by atoms with van der Waals surface area (Å²) < 4.78 is 10.5. The normalized spacial score (nSPS) is 12.6. The molecule has 20 heavy (non-hydrogen) atoms. The van der Waals surface area contributed by atoms with Crippen molar-refractivity contribution in [3.05, 3.63) is 48.1 Å². The quantitative estimate of drug-likeness (QED) is 0.641. The summed E-state index contributed by atoms with van der Waals surface area (Å²) in [6, 6.07) is 5.33. The first kappa shape index (κ1) is 15.8. The first-order valence-corrected chi connectivity index (χ1v) is 6.44. The molecule has 1 N–H and O–H groups in total. The molecule has 0 saturated heterocycles. The molecule has 1 aromatic carbocycles. The van der Waals surface area contributed by atoms with Crippen molar-refractivity contribution in [2.75, 3.05) is 14.2 Å². The van der Waals surface area contributed by atoms with Gasteiger partial charge in [0.05, 0.1) is 20.3 Å². The first-order chi connectivity index (χ1) is 9.62. The molecule has 0 aliphatic heterocycles. The van der Waals surface area contributed by atoms with Crippen molar-refractivity contribution in [3.63, 3.8) is 0 Å². The Kier molecular flexibility index (Phi) is 6.37. The smallest absolute Gasteiger partial charge is 0.244 e. The van der Waals surface area contributed by atoms with Crippen LogP contribution in [0.25, 0.3) is 0 Å². The number of carbonyl (C=O) groups is 1. The molecular weight excluding hydrogens is 254 g/mol. The van der Waals surface area contributed by atoms with Crippen molar-refractivity contribution in [2.24, 2.45) is 0 Å². The zero-order valence-electron chi connectivity index (χ0n) is 12.3. The van der Waals surface area contributed by atoms with Gasteiger partial charge in [0, 0.05) is 11.6 Å². The van der Waals surface area contributed by atoms with Crippen molar-refractivity contribution in [3.8, 4) is 11.5 Å². The molecule has 1 atom stereocenters. The summed E-state index contributed by atoms with van der Waals surface area (Å²) in [5.74, 6) is 1.29. The maximum Gasteiger partial charge on any atom is 0.244 e. The van der Waals surface area contributed by atoms with Crippen LogP contribution in [0.2, 0.25) is 0 Å². The number of benzene rings is 1. The second-order valence-corrected chi connectivity index (χ2v) is 4.22. The van der Waals surface area contributed by atoms with Gasteiger partial charge in [0.25, 0.3) is 0 Å². The average Bonchev–Trinajstić information content (AvgIpc) is 2.46. The van der Waals surface area contributed by atoms with E-state index in [1.807, 2.05) is 38.1 Å². The lowest BCUT2D eigenvalue weighted by atomic mass is 10.1. The SMILES string of the molecule is C/C=C/C=C/C(=O)NC(C)c1cc(OC)ccc1OC. The van der Waals surface area contributed by atoms with Gasteiger partial charge in [0.1, 0.15) is 11.5 Å². The number of hydrogen-bond acceptors (Lipinski definition) is 3. The molecule has 0 aliphatic rings. The molecule has 1 aromatic rings. The Balaban J connectivity index is 2.85. The third-order valence-corrected chi connectivity index (χ3v) is 2.81. The van der Waals surface area contributed by atoms with Crippen LogP contribution in [0.4, 0.5) is 0 Å². The molecule has 108 valence electrons. The highest BCUT2D eigenvalue weighted by molar-refractivity contribution is 5.88. The van der Waals surface area contributed by atoms with Crippen LogP contribution in [0.15, 0.2) is 42.5 Å². The standard InChI is InChI=1S/C16H21NO3/c1-5-6-7-8-16(18)17-12(2)14-11-13(19-3)9-10-15(14)20-4/h5-12H,1-4H3,(H,17,18)/b6-5+,8-7+. The highest BCUT2D eigenvalue weighted by Crippen LogP contribution is 2.29. The molecule has 1 amide bonds. The van der Waals surface area contributed by atoms with Crippen LogP contribution < -0.4 is 14.8 Å². The Labute approximate surface area is 120 Å². The fourth-order valence-electron chi connectivity index (χ4n) is 1.77. The van der Waals surface area contributed by atoms with Gasteiger partial charge < -0.3 is 14.8 Å². The molecular formula is C16H21NO3. The third-order valence-electron chi connectivity index (χ3n) is 2.81. The van der Waals surface area contributed by atoms with Gasteiger partial charge in [-0.3, -0.25) is 4.79 Å². The number of hydrogen-bond donors (Lipinski definition) is 1. The Morgan fingerprint density at radius 1 is 1.25 bits per heavy atom. The van der Waals surface area contributed by atoms with E-state index in [0.29, 0.717) is 0 Å². The van der Waals surface area contributed by atoms with Crippen molar-refractivity contribution in [2.45, 2.75) is 19.9 Å². The van der Waals surface area contributed by atoms with E-state index in [2.05, 4.69) is 5.32 Å². The number of nitrogens with one attached hydrogen (secondary N) is 1. The molecule has 1 rings (SSSR count). The average molecular weight is 275 g/mol. The van der Waals surface area contributed by atoms with Gasteiger partial charge in [-0.2, -0.15) is 0 Å². The van der Waals surface area contributed by atoms with Crippen molar-refractivity contribution in [1.82, 2.24) is 5.32 Å². The Hall–Kier alpha value is -2.23. The molecule has 0 saturated carbocycles. The summed E-state index contributed by atoms with van der Waals surface area (Å²) in [5.41, 5.74) is 0.875. The van der Waals surface area contributed by atoms with Crippen LogP contribution in [-0.4, -0.2) is 20.1 Å². The molecule has 0 fully saturated rings. The number of allylic oxidation sites excluding steroid dienone is 3. The Bertz CT molecular complexity index is 506. The predicted octanol–water partition coefficient (Wildman–Crippen LogP) is 3.01. The lowest BCUT2D eigenvalue weighted by Gasteiger charge is -2.17. The molecule has 0 spiro atoms. The number of methoxy groups -OCH3 is 2. The minimum atomic E-state index is -0.178. The summed E-state index contributed by atoms with van der Waals surface area (Å²) in [4.78, 5) is 11.8. The van der Waals surface area contributed by atoms with Gasteiger partial charge in [-0.15, -0.1) is 0 Å². The fourth-order valence-corrected chi connectivity index (χ4v) is 1.77. The molecule has 0 heterocycles. The summed E-state index contributed by atoms with van der Waals surface area (Å²) in [6.45, 7) is 3.80. The van der Waals surface area contributed by atoms with Gasteiger partial charge >= 0.3 is 0 Å². The Morgan fingerprint density at radius 3 is 2.60 bits per heavy atom.